The SMILES string of the molecule is CS(=O)(=O)c1ccc(-c2cc(C(=O)O)cnc2-c2ccc(Cl)cc2)cc1. The molecule has 0 bridgehead atoms. The van der Waals surface area contributed by atoms with Gasteiger partial charge in [0.1, 0.15) is 0 Å². The fraction of sp³-hybridized carbons (Fsp3) is 0.0526. The van der Waals surface area contributed by atoms with Crippen LogP contribution in [0, 0.1) is 0 Å². The molecule has 0 amide bonds. The Hall–Kier alpha value is -2.70. The van der Waals surface area contributed by atoms with Crippen molar-refractivity contribution in [2.75, 3.05) is 6.26 Å². The molecule has 5 nitrogen and oxygen atoms in total. The molecule has 3 rings (SSSR count). The predicted molar refractivity (Wildman–Crippen MR) is 100 cm³/mol. The van der Waals surface area contributed by atoms with Crippen LogP contribution in [-0.4, -0.2) is 30.7 Å². The number of pyridine rings is 1. The molecule has 7 heteroatoms. The number of hydrogen-bond donors (Lipinski definition) is 1. The van der Waals surface area contributed by atoms with Crippen molar-refractivity contribution in [2.45, 2.75) is 4.90 Å². The smallest absolute Gasteiger partial charge is 0.337 e. The number of aromatic carboxylic acids is 1. The zero-order valence-electron chi connectivity index (χ0n) is 13.7. The predicted octanol–water partition coefficient (Wildman–Crippen LogP) is 4.17. The number of carboxylic acid groups (broad SMARTS) is 1. The molecule has 0 fully saturated rings. The molecule has 0 saturated carbocycles. The molecule has 1 heterocycles. The molecular formula is C19H14ClNO4S. The van der Waals surface area contributed by atoms with Gasteiger partial charge in [0.2, 0.25) is 0 Å². The van der Waals surface area contributed by atoms with Crippen LogP contribution in [0.2, 0.25) is 5.02 Å². The first kappa shape index (κ1) is 18.1. The number of hydrogen-bond acceptors (Lipinski definition) is 4. The summed E-state index contributed by atoms with van der Waals surface area (Å²) >= 11 is 5.93. The highest BCUT2D eigenvalue weighted by molar-refractivity contribution is 7.90. The van der Waals surface area contributed by atoms with Crippen LogP contribution < -0.4 is 0 Å². The minimum atomic E-state index is -3.31. The lowest BCUT2D eigenvalue weighted by atomic mass is 9.98. The Morgan fingerprint density at radius 2 is 1.58 bits per heavy atom. The topological polar surface area (TPSA) is 84.3 Å². The summed E-state index contributed by atoms with van der Waals surface area (Å²) in [6.45, 7) is 0. The molecule has 2 aromatic carbocycles. The lowest BCUT2D eigenvalue weighted by Crippen LogP contribution is -2.00. The first-order valence-electron chi connectivity index (χ1n) is 7.55. The lowest BCUT2D eigenvalue weighted by molar-refractivity contribution is 0.0696. The molecule has 0 aliphatic carbocycles. The van der Waals surface area contributed by atoms with Crippen molar-refractivity contribution in [1.82, 2.24) is 4.98 Å². The summed E-state index contributed by atoms with van der Waals surface area (Å²) in [6.07, 6.45) is 2.42. The van der Waals surface area contributed by atoms with E-state index in [1.165, 1.54) is 24.4 Å². The Balaban J connectivity index is 2.18. The van der Waals surface area contributed by atoms with Crippen molar-refractivity contribution in [3.8, 4) is 22.4 Å². The van der Waals surface area contributed by atoms with Gasteiger partial charge in [0.15, 0.2) is 9.84 Å². The molecule has 0 radical (unpaired) electrons. The highest BCUT2D eigenvalue weighted by Gasteiger charge is 2.14. The van der Waals surface area contributed by atoms with Gasteiger partial charge in [-0.2, -0.15) is 0 Å². The summed E-state index contributed by atoms with van der Waals surface area (Å²) < 4.78 is 23.3. The average molecular weight is 388 g/mol. The van der Waals surface area contributed by atoms with E-state index in [-0.39, 0.29) is 10.5 Å². The third-order valence-corrected chi connectivity index (χ3v) is 5.23. The maximum Gasteiger partial charge on any atom is 0.337 e. The Bertz CT molecular complexity index is 1080. The van der Waals surface area contributed by atoms with Crippen LogP contribution in [0.1, 0.15) is 10.4 Å². The molecule has 0 unspecified atom stereocenters. The molecule has 132 valence electrons. The van der Waals surface area contributed by atoms with Crippen LogP contribution in [0.4, 0.5) is 0 Å². The fourth-order valence-electron chi connectivity index (χ4n) is 2.52. The van der Waals surface area contributed by atoms with E-state index in [9.17, 15) is 18.3 Å². The summed E-state index contributed by atoms with van der Waals surface area (Å²) in [5.74, 6) is -1.09. The molecule has 0 saturated heterocycles. The first-order valence-corrected chi connectivity index (χ1v) is 9.82. The Morgan fingerprint density at radius 1 is 1.00 bits per heavy atom. The number of benzene rings is 2. The fourth-order valence-corrected chi connectivity index (χ4v) is 3.28. The number of rotatable bonds is 4. The summed E-state index contributed by atoms with van der Waals surface area (Å²) in [7, 11) is -3.31. The highest BCUT2D eigenvalue weighted by atomic mass is 35.5. The van der Waals surface area contributed by atoms with E-state index >= 15 is 0 Å². The van der Waals surface area contributed by atoms with Gasteiger partial charge < -0.3 is 5.11 Å². The number of halogens is 1. The largest absolute Gasteiger partial charge is 0.478 e. The minimum absolute atomic E-state index is 0.0462. The van der Waals surface area contributed by atoms with E-state index in [0.717, 1.165) is 11.8 Å². The molecule has 26 heavy (non-hydrogen) atoms. The molecule has 1 N–H and O–H groups in total. The van der Waals surface area contributed by atoms with Gasteiger partial charge in [0, 0.05) is 28.6 Å². The number of nitrogens with zero attached hydrogens (tertiary/aromatic N) is 1. The quantitative estimate of drug-likeness (QED) is 0.726. The summed E-state index contributed by atoms with van der Waals surface area (Å²) in [4.78, 5) is 15.8. The summed E-state index contributed by atoms with van der Waals surface area (Å²) in [5.41, 5.74) is 2.66. The van der Waals surface area contributed by atoms with Crippen molar-refractivity contribution in [3.05, 3.63) is 71.4 Å². The number of aromatic nitrogens is 1. The Labute approximate surface area is 155 Å². The zero-order valence-corrected chi connectivity index (χ0v) is 15.3. The van der Waals surface area contributed by atoms with Gasteiger partial charge in [0.05, 0.1) is 16.2 Å². The van der Waals surface area contributed by atoms with Crippen molar-refractivity contribution in [1.29, 1.82) is 0 Å². The van der Waals surface area contributed by atoms with Crippen LogP contribution in [0.15, 0.2) is 65.7 Å². The maximum absolute atomic E-state index is 11.6. The third kappa shape index (κ3) is 3.76. The van der Waals surface area contributed by atoms with E-state index in [4.69, 9.17) is 11.6 Å². The average Bonchev–Trinajstić information content (AvgIpc) is 2.61. The van der Waals surface area contributed by atoms with Crippen molar-refractivity contribution in [3.63, 3.8) is 0 Å². The second-order valence-corrected chi connectivity index (χ2v) is 8.18. The number of carbonyl (C=O) groups is 1. The van der Waals surface area contributed by atoms with Crippen molar-refractivity contribution in [2.24, 2.45) is 0 Å². The Morgan fingerprint density at radius 3 is 2.12 bits per heavy atom. The van der Waals surface area contributed by atoms with E-state index in [1.807, 2.05) is 0 Å². The second kappa shape index (κ2) is 6.90. The standard InChI is InChI=1S/C19H14ClNO4S/c1-26(24,25)16-8-4-12(5-9-16)17-10-14(19(22)23)11-21-18(17)13-2-6-15(20)7-3-13/h2-11H,1H3,(H,22,23). The highest BCUT2D eigenvalue weighted by Crippen LogP contribution is 2.32. The lowest BCUT2D eigenvalue weighted by Gasteiger charge is -2.11. The van der Waals surface area contributed by atoms with Gasteiger partial charge in [-0.1, -0.05) is 35.9 Å². The van der Waals surface area contributed by atoms with Gasteiger partial charge in [-0.15, -0.1) is 0 Å². The molecule has 0 aliphatic rings. The maximum atomic E-state index is 11.6. The monoisotopic (exact) mass is 387 g/mol. The van der Waals surface area contributed by atoms with Gasteiger partial charge in [0.25, 0.3) is 0 Å². The first-order chi connectivity index (χ1) is 12.3. The molecule has 0 spiro atoms. The molecule has 0 atom stereocenters. The van der Waals surface area contributed by atoms with Gasteiger partial charge in [-0.25, -0.2) is 13.2 Å². The van der Waals surface area contributed by atoms with Gasteiger partial charge in [-0.05, 0) is 35.9 Å². The molecular weight excluding hydrogens is 374 g/mol. The normalized spacial score (nSPS) is 11.3. The molecule has 0 aliphatic heterocycles. The van der Waals surface area contributed by atoms with Crippen LogP contribution in [0.25, 0.3) is 22.4 Å². The number of sulfone groups is 1. The second-order valence-electron chi connectivity index (χ2n) is 5.73. The van der Waals surface area contributed by atoms with E-state index < -0.39 is 15.8 Å². The van der Waals surface area contributed by atoms with Gasteiger partial charge >= 0.3 is 5.97 Å². The minimum Gasteiger partial charge on any atom is -0.478 e. The summed E-state index contributed by atoms with van der Waals surface area (Å²) in [5, 5.41) is 9.85. The summed E-state index contributed by atoms with van der Waals surface area (Å²) in [6, 6.07) is 14.8. The van der Waals surface area contributed by atoms with Crippen molar-refractivity contribution >= 4 is 27.4 Å². The molecule has 1 aromatic heterocycles. The van der Waals surface area contributed by atoms with E-state index in [0.29, 0.717) is 21.8 Å². The molecule has 3 aromatic rings. The van der Waals surface area contributed by atoms with E-state index in [1.54, 1.807) is 36.4 Å². The Kier molecular flexibility index (Phi) is 4.80. The van der Waals surface area contributed by atoms with Crippen LogP contribution in [0.5, 0.6) is 0 Å². The van der Waals surface area contributed by atoms with Gasteiger partial charge in [-0.3, -0.25) is 4.98 Å². The van der Waals surface area contributed by atoms with Crippen LogP contribution >= 0.6 is 11.6 Å². The third-order valence-electron chi connectivity index (χ3n) is 3.85. The van der Waals surface area contributed by atoms with Crippen molar-refractivity contribution < 1.29 is 18.3 Å². The van der Waals surface area contributed by atoms with E-state index in [2.05, 4.69) is 4.98 Å². The number of carboxylic acids is 1. The zero-order chi connectivity index (χ0) is 18.9. The van der Waals surface area contributed by atoms with Crippen LogP contribution in [-0.2, 0) is 9.84 Å². The van der Waals surface area contributed by atoms with Crippen LogP contribution in [0.3, 0.4) is 0 Å².